The Bertz CT molecular complexity index is 732. The number of fused-ring (bicyclic) bond motifs is 1. The van der Waals surface area contributed by atoms with E-state index in [1.165, 1.54) is 5.39 Å². The van der Waals surface area contributed by atoms with Gasteiger partial charge in [0.15, 0.2) is 5.82 Å². The number of halogens is 1. The summed E-state index contributed by atoms with van der Waals surface area (Å²) in [5, 5.41) is 2.35. The van der Waals surface area contributed by atoms with Crippen LogP contribution in [0.5, 0.6) is 0 Å². The van der Waals surface area contributed by atoms with Gasteiger partial charge >= 0.3 is 0 Å². The predicted octanol–water partition coefficient (Wildman–Crippen LogP) is 4.34. The summed E-state index contributed by atoms with van der Waals surface area (Å²) in [6.45, 7) is 1.98. The van der Waals surface area contributed by atoms with Crippen LogP contribution < -0.4 is 0 Å². The third-order valence-corrected chi connectivity index (χ3v) is 3.49. The van der Waals surface area contributed by atoms with Gasteiger partial charge in [0.05, 0.1) is 11.6 Å². The van der Waals surface area contributed by atoms with Crippen molar-refractivity contribution in [1.82, 2.24) is 9.97 Å². The second-order valence-corrected chi connectivity index (χ2v) is 4.75. The number of hydrogen-bond donors (Lipinski definition) is 0. The number of hydrogen-bond acceptors (Lipinski definition) is 2. The molecular formula is C16H13ClN2. The van der Waals surface area contributed by atoms with Gasteiger partial charge in [-0.1, -0.05) is 42.5 Å². The molecule has 0 aliphatic rings. The summed E-state index contributed by atoms with van der Waals surface area (Å²) in [4.78, 5) is 9.01. The van der Waals surface area contributed by atoms with E-state index in [4.69, 9.17) is 11.6 Å². The van der Waals surface area contributed by atoms with E-state index >= 15 is 0 Å². The van der Waals surface area contributed by atoms with Crippen LogP contribution in [0.2, 0.25) is 0 Å². The Labute approximate surface area is 117 Å². The number of rotatable bonds is 2. The lowest BCUT2D eigenvalue weighted by atomic mass is 10.0. The highest BCUT2D eigenvalue weighted by Crippen LogP contribution is 2.26. The van der Waals surface area contributed by atoms with Crippen LogP contribution >= 0.6 is 11.6 Å². The molecule has 3 heteroatoms. The molecule has 19 heavy (non-hydrogen) atoms. The van der Waals surface area contributed by atoms with Gasteiger partial charge in [-0.3, -0.25) is 0 Å². The molecule has 3 aromatic rings. The Balaban J connectivity index is 2.24. The van der Waals surface area contributed by atoms with E-state index in [-0.39, 0.29) is 0 Å². The van der Waals surface area contributed by atoms with Crippen LogP contribution in [0, 0.1) is 6.92 Å². The molecule has 0 aliphatic heterocycles. The molecule has 1 heterocycles. The van der Waals surface area contributed by atoms with Gasteiger partial charge in [0.1, 0.15) is 0 Å². The molecule has 0 spiro atoms. The number of alkyl halides is 1. The topological polar surface area (TPSA) is 25.8 Å². The van der Waals surface area contributed by atoms with Gasteiger partial charge in [0.25, 0.3) is 0 Å². The molecule has 1 aromatic heterocycles. The standard InChI is InChI=1S/C16H13ClN2/c1-11-10-18-16(19-15(11)9-17)14-8-4-6-12-5-2-3-7-13(12)14/h2-8,10H,9H2,1H3. The second kappa shape index (κ2) is 4.98. The van der Waals surface area contributed by atoms with Gasteiger partial charge in [-0.2, -0.15) is 0 Å². The van der Waals surface area contributed by atoms with Crippen LogP contribution in [0.3, 0.4) is 0 Å². The minimum Gasteiger partial charge on any atom is -0.236 e. The van der Waals surface area contributed by atoms with Crippen LogP contribution in [-0.4, -0.2) is 9.97 Å². The molecule has 0 bridgehead atoms. The lowest BCUT2D eigenvalue weighted by molar-refractivity contribution is 1.06. The summed E-state index contributed by atoms with van der Waals surface area (Å²) in [6.07, 6.45) is 1.84. The minimum absolute atomic E-state index is 0.409. The van der Waals surface area contributed by atoms with E-state index in [1.54, 1.807) is 0 Å². The van der Waals surface area contributed by atoms with E-state index in [1.807, 2.05) is 37.4 Å². The molecule has 0 fully saturated rings. The second-order valence-electron chi connectivity index (χ2n) is 4.48. The van der Waals surface area contributed by atoms with Crippen LogP contribution in [-0.2, 0) is 5.88 Å². The van der Waals surface area contributed by atoms with Crippen molar-refractivity contribution in [3.63, 3.8) is 0 Å². The quantitative estimate of drug-likeness (QED) is 0.646. The molecule has 0 atom stereocenters. The van der Waals surface area contributed by atoms with Crippen molar-refractivity contribution in [3.05, 3.63) is 59.9 Å². The van der Waals surface area contributed by atoms with Crippen molar-refractivity contribution in [3.8, 4) is 11.4 Å². The highest BCUT2D eigenvalue weighted by atomic mass is 35.5. The zero-order valence-electron chi connectivity index (χ0n) is 10.6. The van der Waals surface area contributed by atoms with Crippen molar-refractivity contribution in [2.24, 2.45) is 0 Å². The zero-order valence-corrected chi connectivity index (χ0v) is 11.4. The largest absolute Gasteiger partial charge is 0.236 e. The molecule has 0 amide bonds. The van der Waals surface area contributed by atoms with Crippen LogP contribution in [0.1, 0.15) is 11.3 Å². The average molecular weight is 269 g/mol. The maximum atomic E-state index is 5.92. The van der Waals surface area contributed by atoms with Crippen LogP contribution in [0.15, 0.2) is 48.7 Å². The van der Waals surface area contributed by atoms with E-state index in [0.717, 1.165) is 28.0 Å². The van der Waals surface area contributed by atoms with Crippen LogP contribution in [0.4, 0.5) is 0 Å². The number of benzene rings is 2. The SMILES string of the molecule is Cc1cnc(-c2cccc3ccccc23)nc1CCl. The Morgan fingerprint density at radius 1 is 1.05 bits per heavy atom. The minimum atomic E-state index is 0.409. The summed E-state index contributed by atoms with van der Waals surface area (Å²) >= 11 is 5.92. The average Bonchev–Trinajstić information content (AvgIpc) is 2.47. The van der Waals surface area contributed by atoms with Gasteiger partial charge in [0, 0.05) is 11.8 Å². The van der Waals surface area contributed by atoms with Gasteiger partial charge < -0.3 is 0 Å². The lowest BCUT2D eigenvalue weighted by Gasteiger charge is -2.07. The van der Waals surface area contributed by atoms with Gasteiger partial charge in [-0.15, -0.1) is 11.6 Å². The molecule has 0 unspecified atom stereocenters. The molecule has 2 aromatic carbocycles. The molecule has 94 valence electrons. The first-order valence-corrected chi connectivity index (χ1v) is 6.69. The van der Waals surface area contributed by atoms with Gasteiger partial charge in [0.2, 0.25) is 0 Å². The van der Waals surface area contributed by atoms with Gasteiger partial charge in [-0.05, 0) is 23.3 Å². The molecule has 0 saturated heterocycles. The van der Waals surface area contributed by atoms with E-state index in [0.29, 0.717) is 5.88 Å². The molecule has 0 radical (unpaired) electrons. The van der Waals surface area contributed by atoms with Crippen molar-refractivity contribution < 1.29 is 0 Å². The Kier molecular flexibility index (Phi) is 3.18. The zero-order chi connectivity index (χ0) is 13.2. The number of aryl methyl sites for hydroxylation is 1. The van der Waals surface area contributed by atoms with Gasteiger partial charge in [-0.25, -0.2) is 9.97 Å². The first-order valence-electron chi connectivity index (χ1n) is 6.16. The summed E-state index contributed by atoms with van der Waals surface area (Å²) < 4.78 is 0. The highest BCUT2D eigenvalue weighted by molar-refractivity contribution is 6.17. The number of nitrogens with zero attached hydrogens (tertiary/aromatic N) is 2. The Morgan fingerprint density at radius 3 is 2.68 bits per heavy atom. The van der Waals surface area contributed by atoms with Crippen molar-refractivity contribution >= 4 is 22.4 Å². The fourth-order valence-electron chi connectivity index (χ4n) is 2.16. The first kappa shape index (κ1) is 12.1. The van der Waals surface area contributed by atoms with Crippen LogP contribution in [0.25, 0.3) is 22.2 Å². The summed E-state index contributed by atoms with van der Waals surface area (Å²) in [5.41, 5.74) is 2.96. The molecule has 0 saturated carbocycles. The predicted molar refractivity (Wildman–Crippen MR) is 79.3 cm³/mol. The molecule has 0 N–H and O–H groups in total. The first-order chi connectivity index (χ1) is 9.29. The monoisotopic (exact) mass is 268 g/mol. The van der Waals surface area contributed by atoms with Crippen molar-refractivity contribution in [2.45, 2.75) is 12.8 Å². The van der Waals surface area contributed by atoms with E-state index in [9.17, 15) is 0 Å². The third-order valence-electron chi connectivity index (χ3n) is 3.23. The fraction of sp³-hybridized carbons (Fsp3) is 0.125. The molecule has 2 nitrogen and oxygen atoms in total. The van der Waals surface area contributed by atoms with Crippen molar-refractivity contribution in [2.75, 3.05) is 0 Å². The van der Waals surface area contributed by atoms with E-state index < -0.39 is 0 Å². The summed E-state index contributed by atoms with van der Waals surface area (Å²) in [7, 11) is 0. The normalized spacial score (nSPS) is 10.8. The maximum Gasteiger partial charge on any atom is 0.160 e. The molecular weight excluding hydrogens is 256 g/mol. The van der Waals surface area contributed by atoms with E-state index in [2.05, 4.69) is 28.2 Å². The Hall–Kier alpha value is -1.93. The summed E-state index contributed by atoms with van der Waals surface area (Å²) in [5.74, 6) is 1.14. The highest BCUT2D eigenvalue weighted by Gasteiger charge is 2.08. The lowest BCUT2D eigenvalue weighted by Crippen LogP contribution is -1.97. The number of aromatic nitrogens is 2. The smallest absolute Gasteiger partial charge is 0.160 e. The Morgan fingerprint density at radius 2 is 1.84 bits per heavy atom. The molecule has 3 rings (SSSR count). The third kappa shape index (κ3) is 2.20. The maximum absolute atomic E-state index is 5.92. The fourth-order valence-corrected chi connectivity index (χ4v) is 2.43. The molecule has 0 aliphatic carbocycles. The summed E-state index contributed by atoms with van der Waals surface area (Å²) in [6, 6.07) is 14.4. The van der Waals surface area contributed by atoms with Crippen molar-refractivity contribution in [1.29, 1.82) is 0 Å².